The molecule has 3 nitrogen and oxygen atoms in total. The standard InChI is InChI=1S/C34H28BO3S/c1-33(2,36)34(3,4)38-35-27-16-15-23(22-13-14-25-24-11-7-8-12-29(24)39-30(25)19-22)32-31(27)26-17-20-9-5-6-10-21(20)18-28(26)37-32/h5-19,36H,1-4H3. The summed E-state index contributed by atoms with van der Waals surface area (Å²) >= 11 is 1.82. The van der Waals surface area contributed by atoms with Gasteiger partial charge in [-0.05, 0) is 73.8 Å². The van der Waals surface area contributed by atoms with E-state index in [4.69, 9.17) is 9.07 Å². The van der Waals surface area contributed by atoms with Crippen LogP contribution in [-0.4, -0.2) is 23.8 Å². The summed E-state index contributed by atoms with van der Waals surface area (Å²) in [6, 6.07) is 32.1. The first-order valence-corrected chi connectivity index (χ1v) is 14.0. The molecular formula is C34H28BO3S. The second-order valence-corrected chi connectivity index (χ2v) is 12.4. The zero-order valence-electron chi connectivity index (χ0n) is 22.4. The van der Waals surface area contributed by atoms with Gasteiger partial charge in [0.15, 0.2) is 0 Å². The lowest BCUT2D eigenvalue weighted by atomic mass is 9.79. The maximum Gasteiger partial charge on any atom is 0.331 e. The maximum atomic E-state index is 10.7. The topological polar surface area (TPSA) is 42.6 Å². The second-order valence-electron chi connectivity index (χ2n) is 11.3. The second kappa shape index (κ2) is 8.69. The van der Waals surface area contributed by atoms with Gasteiger partial charge in [0, 0.05) is 36.5 Å². The average Bonchev–Trinajstić information content (AvgIpc) is 3.47. The predicted octanol–water partition coefficient (Wildman–Crippen LogP) is 8.58. The third-order valence-electron chi connectivity index (χ3n) is 8.16. The van der Waals surface area contributed by atoms with E-state index in [0.717, 1.165) is 49.3 Å². The van der Waals surface area contributed by atoms with Crippen LogP contribution in [0.2, 0.25) is 0 Å². The van der Waals surface area contributed by atoms with E-state index in [2.05, 4.69) is 84.9 Å². The van der Waals surface area contributed by atoms with Gasteiger partial charge in [-0.1, -0.05) is 66.7 Å². The Labute approximate surface area is 231 Å². The molecule has 191 valence electrons. The monoisotopic (exact) mass is 527 g/mol. The van der Waals surface area contributed by atoms with Crippen LogP contribution in [-0.2, 0) is 4.65 Å². The van der Waals surface area contributed by atoms with Crippen LogP contribution in [0.25, 0.3) is 64.0 Å². The minimum absolute atomic E-state index is 0.781. The maximum absolute atomic E-state index is 10.7. The minimum atomic E-state index is -1.02. The SMILES string of the molecule is CC(C)(O)C(C)(C)O[B]c1ccc(-c2ccc3c(c2)sc2ccccc23)c2oc3cc4ccccc4cc3c12. The minimum Gasteiger partial charge on any atom is -0.455 e. The van der Waals surface area contributed by atoms with Gasteiger partial charge in [0.05, 0.1) is 11.2 Å². The highest BCUT2D eigenvalue weighted by atomic mass is 32.1. The van der Waals surface area contributed by atoms with Crippen molar-refractivity contribution in [2.75, 3.05) is 0 Å². The summed E-state index contributed by atoms with van der Waals surface area (Å²) in [6.07, 6.45) is 0. The smallest absolute Gasteiger partial charge is 0.331 e. The van der Waals surface area contributed by atoms with Gasteiger partial charge in [-0.15, -0.1) is 11.3 Å². The Morgan fingerprint density at radius 3 is 2.26 bits per heavy atom. The van der Waals surface area contributed by atoms with Crippen molar-refractivity contribution in [1.82, 2.24) is 0 Å². The van der Waals surface area contributed by atoms with Crippen molar-refractivity contribution in [2.24, 2.45) is 0 Å². The van der Waals surface area contributed by atoms with E-state index in [9.17, 15) is 5.11 Å². The van der Waals surface area contributed by atoms with Crippen molar-refractivity contribution in [3.8, 4) is 11.1 Å². The molecule has 1 radical (unpaired) electrons. The normalized spacial score (nSPS) is 12.8. The molecule has 1 N–H and O–H groups in total. The molecule has 0 unspecified atom stereocenters. The van der Waals surface area contributed by atoms with Crippen LogP contribution in [0.4, 0.5) is 0 Å². The summed E-state index contributed by atoms with van der Waals surface area (Å²) in [4.78, 5) is 0. The molecule has 0 fully saturated rings. The molecule has 7 aromatic rings. The Bertz CT molecular complexity index is 2040. The van der Waals surface area contributed by atoms with E-state index >= 15 is 0 Å². The molecule has 39 heavy (non-hydrogen) atoms. The quantitative estimate of drug-likeness (QED) is 0.228. The molecule has 0 aliphatic carbocycles. The number of hydrogen-bond donors (Lipinski definition) is 1. The van der Waals surface area contributed by atoms with E-state index in [-0.39, 0.29) is 0 Å². The van der Waals surface area contributed by atoms with Gasteiger partial charge >= 0.3 is 7.48 Å². The highest BCUT2D eigenvalue weighted by Gasteiger charge is 2.36. The number of hydrogen-bond acceptors (Lipinski definition) is 4. The summed E-state index contributed by atoms with van der Waals surface area (Å²) in [5.41, 5.74) is 2.96. The van der Waals surface area contributed by atoms with Crippen LogP contribution in [0.3, 0.4) is 0 Å². The Kier molecular flexibility index (Phi) is 5.44. The van der Waals surface area contributed by atoms with Crippen LogP contribution in [0.15, 0.2) is 95.4 Å². The van der Waals surface area contributed by atoms with Crippen LogP contribution in [0.1, 0.15) is 27.7 Å². The molecule has 7 rings (SSSR count). The highest BCUT2D eigenvalue weighted by molar-refractivity contribution is 7.25. The predicted molar refractivity (Wildman–Crippen MR) is 166 cm³/mol. The van der Waals surface area contributed by atoms with Crippen molar-refractivity contribution in [3.63, 3.8) is 0 Å². The first kappa shape index (κ1) is 24.4. The molecule has 0 spiro atoms. The number of aliphatic hydroxyl groups is 1. The van der Waals surface area contributed by atoms with Crippen LogP contribution < -0.4 is 5.46 Å². The third-order valence-corrected chi connectivity index (χ3v) is 9.30. The van der Waals surface area contributed by atoms with Crippen LogP contribution in [0.5, 0.6) is 0 Å². The van der Waals surface area contributed by atoms with Crippen LogP contribution in [0, 0.1) is 0 Å². The molecule has 2 aromatic heterocycles. The van der Waals surface area contributed by atoms with Crippen molar-refractivity contribution in [3.05, 3.63) is 91.0 Å². The molecule has 0 atom stereocenters. The summed E-state index contributed by atoms with van der Waals surface area (Å²) in [5.74, 6) is 0. The van der Waals surface area contributed by atoms with E-state index < -0.39 is 11.2 Å². The van der Waals surface area contributed by atoms with Crippen LogP contribution >= 0.6 is 11.3 Å². The number of furan rings is 1. The fourth-order valence-electron chi connectivity index (χ4n) is 5.16. The Hall–Kier alpha value is -3.64. The van der Waals surface area contributed by atoms with Gasteiger partial charge in [-0.3, -0.25) is 0 Å². The molecule has 5 aromatic carbocycles. The summed E-state index contributed by atoms with van der Waals surface area (Å²) in [6.45, 7) is 7.33. The fraction of sp³-hybridized carbons (Fsp3) is 0.176. The summed E-state index contributed by atoms with van der Waals surface area (Å²) in [5, 5.41) is 17.6. The Morgan fingerprint density at radius 1 is 0.744 bits per heavy atom. The number of benzene rings is 5. The number of rotatable bonds is 5. The third kappa shape index (κ3) is 3.96. The first-order valence-electron chi connectivity index (χ1n) is 13.2. The van der Waals surface area contributed by atoms with Gasteiger partial charge in [0.25, 0.3) is 0 Å². The first-order chi connectivity index (χ1) is 18.7. The average molecular weight is 527 g/mol. The molecular weight excluding hydrogens is 499 g/mol. The zero-order chi connectivity index (χ0) is 26.9. The van der Waals surface area contributed by atoms with Gasteiger partial charge in [0.1, 0.15) is 11.2 Å². The molecule has 0 bridgehead atoms. The van der Waals surface area contributed by atoms with Gasteiger partial charge in [0.2, 0.25) is 0 Å². The zero-order valence-corrected chi connectivity index (χ0v) is 23.2. The molecule has 5 heteroatoms. The summed E-state index contributed by atoms with van der Waals surface area (Å²) in [7, 11) is 1.77. The Morgan fingerprint density at radius 2 is 1.46 bits per heavy atom. The van der Waals surface area contributed by atoms with E-state index in [0.29, 0.717) is 0 Å². The summed E-state index contributed by atoms with van der Waals surface area (Å²) < 4.78 is 15.4. The van der Waals surface area contributed by atoms with Crippen molar-refractivity contribution in [1.29, 1.82) is 0 Å². The van der Waals surface area contributed by atoms with E-state index in [1.165, 1.54) is 20.2 Å². The Balaban J connectivity index is 1.45. The number of thiophene rings is 1. The van der Waals surface area contributed by atoms with E-state index in [1.54, 1.807) is 21.3 Å². The molecule has 0 aliphatic rings. The largest absolute Gasteiger partial charge is 0.455 e. The molecule has 0 aliphatic heterocycles. The molecule has 0 saturated carbocycles. The molecule has 0 saturated heterocycles. The lowest BCUT2D eigenvalue weighted by Gasteiger charge is -2.37. The fourth-order valence-corrected chi connectivity index (χ4v) is 6.31. The van der Waals surface area contributed by atoms with Crippen molar-refractivity contribution < 1.29 is 14.2 Å². The lowest BCUT2D eigenvalue weighted by Crippen LogP contribution is -2.49. The van der Waals surface area contributed by atoms with Crippen molar-refractivity contribution >= 4 is 77.2 Å². The van der Waals surface area contributed by atoms with Gasteiger partial charge in [-0.2, -0.15) is 0 Å². The molecule has 0 amide bonds. The lowest BCUT2D eigenvalue weighted by molar-refractivity contribution is -0.0893. The van der Waals surface area contributed by atoms with Crippen molar-refractivity contribution in [2.45, 2.75) is 38.9 Å². The van der Waals surface area contributed by atoms with E-state index in [1.807, 2.05) is 31.3 Å². The van der Waals surface area contributed by atoms with Gasteiger partial charge < -0.3 is 14.2 Å². The molecule has 2 heterocycles. The number of fused-ring (bicyclic) bond motifs is 7. The highest BCUT2D eigenvalue weighted by Crippen LogP contribution is 2.40. The van der Waals surface area contributed by atoms with Gasteiger partial charge in [-0.25, -0.2) is 0 Å².